The van der Waals surface area contributed by atoms with Crippen LogP contribution in [0.2, 0.25) is 0 Å². The van der Waals surface area contributed by atoms with Crippen LogP contribution in [0.3, 0.4) is 0 Å². The second kappa shape index (κ2) is 6.09. The van der Waals surface area contributed by atoms with Gasteiger partial charge in [-0.05, 0) is 0 Å². The maximum Gasteiger partial charge on any atom is 0.307 e. The molecule has 0 saturated carbocycles. The molecule has 0 amide bonds. The standard InChI is InChI=1S/C10H17NO2S/c1-3-4-11-5-6-14-8-9(11)7-10(12)13-2/h3,9H,1,4-8H2,2H3/t9-/m0/s1. The summed E-state index contributed by atoms with van der Waals surface area (Å²) in [6.45, 7) is 5.63. The smallest absolute Gasteiger partial charge is 0.307 e. The lowest BCUT2D eigenvalue weighted by atomic mass is 10.2. The lowest BCUT2D eigenvalue weighted by molar-refractivity contribution is -0.141. The molecule has 0 bridgehead atoms. The minimum absolute atomic E-state index is 0.119. The van der Waals surface area contributed by atoms with Gasteiger partial charge in [0, 0.05) is 30.6 Å². The molecular weight excluding hydrogens is 198 g/mol. The van der Waals surface area contributed by atoms with Crippen LogP contribution < -0.4 is 0 Å². The van der Waals surface area contributed by atoms with Crippen LogP contribution in [-0.4, -0.2) is 48.6 Å². The molecule has 1 saturated heterocycles. The fraction of sp³-hybridized carbons (Fsp3) is 0.700. The minimum Gasteiger partial charge on any atom is -0.469 e. The Morgan fingerprint density at radius 1 is 1.79 bits per heavy atom. The molecule has 0 aliphatic carbocycles. The molecule has 3 nitrogen and oxygen atoms in total. The fourth-order valence-corrected chi connectivity index (χ4v) is 2.69. The maximum absolute atomic E-state index is 11.1. The van der Waals surface area contributed by atoms with E-state index >= 15 is 0 Å². The molecule has 0 aromatic rings. The Morgan fingerprint density at radius 3 is 3.21 bits per heavy atom. The zero-order chi connectivity index (χ0) is 10.4. The van der Waals surface area contributed by atoms with E-state index in [4.69, 9.17) is 0 Å². The highest BCUT2D eigenvalue weighted by Gasteiger charge is 2.24. The van der Waals surface area contributed by atoms with Crippen molar-refractivity contribution in [3.63, 3.8) is 0 Å². The van der Waals surface area contributed by atoms with E-state index in [1.54, 1.807) is 0 Å². The largest absolute Gasteiger partial charge is 0.469 e. The Morgan fingerprint density at radius 2 is 2.57 bits per heavy atom. The highest BCUT2D eigenvalue weighted by atomic mass is 32.2. The predicted molar refractivity (Wildman–Crippen MR) is 59.5 cm³/mol. The third-order valence-corrected chi connectivity index (χ3v) is 3.43. The zero-order valence-corrected chi connectivity index (χ0v) is 9.39. The first kappa shape index (κ1) is 11.6. The van der Waals surface area contributed by atoms with E-state index in [1.165, 1.54) is 7.11 Å². The first-order valence-corrected chi connectivity index (χ1v) is 5.93. The highest BCUT2D eigenvalue weighted by molar-refractivity contribution is 7.99. The Labute approximate surface area is 89.5 Å². The first-order chi connectivity index (χ1) is 6.77. The number of nitrogens with zero attached hydrogens (tertiary/aromatic N) is 1. The summed E-state index contributed by atoms with van der Waals surface area (Å²) in [5, 5.41) is 0. The number of thioether (sulfide) groups is 1. The monoisotopic (exact) mass is 215 g/mol. The summed E-state index contributed by atoms with van der Waals surface area (Å²) in [5.41, 5.74) is 0. The Bertz CT molecular complexity index is 208. The van der Waals surface area contributed by atoms with Crippen LogP contribution >= 0.6 is 11.8 Å². The van der Waals surface area contributed by atoms with Crippen LogP contribution in [0.15, 0.2) is 12.7 Å². The Kier molecular flexibility index (Phi) is 5.04. The lowest BCUT2D eigenvalue weighted by Crippen LogP contribution is -2.43. The van der Waals surface area contributed by atoms with Crippen molar-refractivity contribution in [2.45, 2.75) is 12.5 Å². The number of rotatable bonds is 4. The molecule has 1 aliphatic rings. The van der Waals surface area contributed by atoms with Crippen molar-refractivity contribution in [1.82, 2.24) is 4.90 Å². The average molecular weight is 215 g/mol. The van der Waals surface area contributed by atoms with Gasteiger partial charge in [-0.3, -0.25) is 9.69 Å². The van der Waals surface area contributed by atoms with Crippen LogP contribution in [0, 0.1) is 0 Å². The third-order valence-electron chi connectivity index (χ3n) is 2.34. The average Bonchev–Trinajstić information content (AvgIpc) is 2.21. The molecule has 1 heterocycles. The van der Waals surface area contributed by atoms with Crippen molar-refractivity contribution in [1.29, 1.82) is 0 Å². The minimum atomic E-state index is -0.119. The van der Waals surface area contributed by atoms with Crippen LogP contribution in [0.1, 0.15) is 6.42 Å². The van der Waals surface area contributed by atoms with Crippen LogP contribution in [-0.2, 0) is 9.53 Å². The first-order valence-electron chi connectivity index (χ1n) is 4.77. The molecule has 1 atom stereocenters. The molecule has 1 fully saturated rings. The predicted octanol–water partition coefficient (Wildman–Crippen LogP) is 1.15. The number of methoxy groups -OCH3 is 1. The van der Waals surface area contributed by atoms with Gasteiger partial charge < -0.3 is 4.74 Å². The normalized spacial score (nSPS) is 23.1. The molecule has 80 valence electrons. The Balaban J connectivity index is 2.44. The number of hydrogen-bond donors (Lipinski definition) is 0. The van der Waals surface area contributed by atoms with Crippen molar-refractivity contribution < 1.29 is 9.53 Å². The summed E-state index contributed by atoms with van der Waals surface area (Å²) >= 11 is 1.90. The van der Waals surface area contributed by atoms with E-state index in [-0.39, 0.29) is 5.97 Å². The van der Waals surface area contributed by atoms with E-state index in [0.717, 1.165) is 24.6 Å². The molecule has 0 unspecified atom stereocenters. The van der Waals surface area contributed by atoms with E-state index in [0.29, 0.717) is 12.5 Å². The van der Waals surface area contributed by atoms with Crippen LogP contribution in [0.25, 0.3) is 0 Å². The van der Waals surface area contributed by atoms with E-state index in [1.807, 2.05) is 17.8 Å². The number of esters is 1. The number of carbonyl (C=O) groups excluding carboxylic acids is 1. The molecule has 4 heteroatoms. The van der Waals surface area contributed by atoms with E-state index in [9.17, 15) is 4.79 Å². The molecule has 1 rings (SSSR count). The van der Waals surface area contributed by atoms with Gasteiger partial charge in [0.2, 0.25) is 0 Å². The molecule has 0 N–H and O–H groups in total. The van der Waals surface area contributed by atoms with Crippen LogP contribution in [0.5, 0.6) is 0 Å². The molecule has 1 aliphatic heterocycles. The van der Waals surface area contributed by atoms with Gasteiger partial charge >= 0.3 is 5.97 Å². The number of carbonyl (C=O) groups is 1. The van der Waals surface area contributed by atoms with Gasteiger partial charge in [-0.15, -0.1) is 6.58 Å². The quantitative estimate of drug-likeness (QED) is 0.520. The molecule has 0 aromatic heterocycles. The fourth-order valence-electron chi connectivity index (χ4n) is 1.56. The molecule has 0 radical (unpaired) electrons. The van der Waals surface area contributed by atoms with Gasteiger partial charge in [0.15, 0.2) is 0 Å². The van der Waals surface area contributed by atoms with Crippen molar-refractivity contribution in [3.8, 4) is 0 Å². The van der Waals surface area contributed by atoms with Crippen LogP contribution in [0.4, 0.5) is 0 Å². The number of hydrogen-bond acceptors (Lipinski definition) is 4. The maximum atomic E-state index is 11.1. The van der Waals surface area contributed by atoms with Crippen molar-refractivity contribution in [3.05, 3.63) is 12.7 Å². The Hall–Kier alpha value is -0.480. The number of ether oxygens (including phenoxy) is 1. The van der Waals surface area contributed by atoms with Gasteiger partial charge in [-0.25, -0.2) is 0 Å². The molecule has 0 spiro atoms. The third kappa shape index (κ3) is 3.35. The van der Waals surface area contributed by atoms with Crippen molar-refractivity contribution >= 4 is 17.7 Å². The topological polar surface area (TPSA) is 29.5 Å². The second-order valence-electron chi connectivity index (χ2n) is 3.29. The summed E-state index contributed by atoms with van der Waals surface area (Å²) in [7, 11) is 1.44. The van der Waals surface area contributed by atoms with Crippen molar-refractivity contribution in [2.75, 3.05) is 31.7 Å². The summed E-state index contributed by atoms with van der Waals surface area (Å²) < 4.78 is 4.68. The summed E-state index contributed by atoms with van der Waals surface area (Å²) in [6, 6.07) is 0.319. The lowest BCUT2D eigenvalue weighted by Gasteiger charge is -2.33. The van der Waals surface area contributed by atoms with Gasteiger partial charge in [0.05, 0.1) is 13.5 Å². The summed E-state index contributed by atoms with van der Waals surface area (Å²) in [4.78, 5) is 13.4. The molecule has 0 aromatic carbocycles. The SMILES string of the molecule is C=CCN1CCSC[C@@H]1CC(=O)OC. The zero-order valence-electron chi connectivity index (χ0n) is 8.57. The molecular formula is C10H17NO2S. The summed E-state index contributed by atoms with van der Waals surface area (Å²) in [5.74, 6) is 2.04. The van der Waals surface area contributed by atoms with E-state index in [2.05, 4.69) is 16.2 Å². The van der Waals surface area contributed by atoms with E-state index < -0.39 is 0 Å². The van der Waals surface area contributed by atoms with Gasteiger partial charge in [0.1, 0.15) is 0 Å². The van der Waals surface area contributed by atoms with Gasteiger partial charge in [-0.2, -0.15) is 11.8 Å². The van der Waals surface area contributed by atoms with Gasteiger partial charge in [0.25, 0.3) is 0 Å². The molecule has 14 heavy (non-hydrogen) atoms. The van der Waals surface area contributed by atoms with Gasteiger partial charge in [-0.1, -0.05) is 6.08 Å². The summed E-state index contributed by atoms with van der Waals surface area (Å²) in [6.07, 6.45) is 2.39. The highest BCUT2D eigenvalue weighted by Crippen LogP contribution is 2.18. The van der Waals surface area contributed by atoms with Crippen molar-refractivity contribution in [2.24, 2.45) is 0 Å². The second-order valence-corrected chi connectivity index (χ2v) is 4.44.